The lowest BCUT2D eigenvalue weighted by Gasteiger charge is -2.31. The van der Waals surface area contributed by atoms with E-state index in [9.17, 15) is 13.6 Å². The van der Waals surface area contributed by atoms with Crippen LogP contribution in [-0.4, -0.2) is 50.8 Å². The first kappa shape index (κ1) is 20.2. The lowest BCUT2D eigenvalue weighted by Crippen LogP contribution is -2.45. The number of piperidine rings is 1. The van der Waals surface area contributed by atoms with Gasteiger partial charge in [0.05, 0.1) is 14.2 Å². The number of ether oxygens (including phenoxy) is 3. The van der Waals surface area contributed by atoms with Gasteiger partial charge in [-0.15, -0.1) is 12.4 Å². The predicted molar refractivity (Wildman–Crippen MR) is 86.5 cm³/mol. The maximum atomic E-state index is 12.6. The van der Waals surface area contributed by atoms with E-state index < -0.39 is 6.61 Å². The summed E-state index contributed by atoms with van der Waals surface area (Å²) in [4.78, 5) is 14.2. The Kier molecular flexibility index (Phi) is 7.50. The summed E-state index contributed by atoms with van der Waals surface area (Å²) in [6, 6.07) is 2.67. The van der Waals surface area contributed by atoms with Crippen molar-refractivity contribution in [3.05, 3.63) is 17.7 Å². The average molecular weight is 367 g/mol. The van der Waals surface area contributed by atoms with Crippen LogP contribution >= 0.6 is 12.4 Å². The first-order chi connectivity index (χ1) is 11.0. The van der Waals surface area contributed by atoms with Crippen molar-refractivity contribution in [2.75, 3.05) is 27.3 Å². The van der Waals surface area contributed by atoms with Crippen molar-refractivity contribution in [3.8, 4) is 17.2 Å². The molecule has 1 fully saturated rings. The summed E-state index contributed by atoms with van der Waals surface area (Å²) in [6.07, 6.45) is 1.70. The molecule has 1 aliphatic heterocycles. The Balaban J connectivity index is 0.00000288. The molecule has 9 heteroatoms. The fraction of sp³-hybridized carbons (Fsp3) is 0.533. The SMILES string of the molecule is COc1cc(C(=O)N2CCCC(N)C2)cc(OC)c1OC(F)F.Cl. The van der Waals surface area contributed by atoms with Crippen LogP contribution in [0.3, 0.4) is 0 Å². The predicted octanol–water partition coefficient (Wildman–Crippen LogP) is 2.29. The summed E-state index contributed by atoms with van der Waals surface area (Å²) in [7, 11) is 2.61. The summed E-state index contributed by atoms with van der Waals surface area (Å²) in [5, 5.41) is 0. The fourth-order valence-electron chi connectivity index (χ4n) is 2.59. The van der Waals surface area contributed by atoms with Gasteiger partial charge in [-0.05, 0) is 25.0 Å². The second-order valence-electron chi connectivity index (χ2n) is 5.24. The molecule has 0 bridgehead atoms. The fourth-order valence-corrected chi connectivity index (χ4v) is 2.59. The third kappa shape index (κ3) is 4.61. The van der Waals surface area contributed by atoms with E-state index in [0.29, 0.717) is 13.1 Å². The summed E-state index contributed by atoms with van der Waals surface area (Å²) < 4.78 is 39.6. The first-order valence-electron chi connectivity index (χ1n) is 7.22. The number of amides is 1. The monoisotopic (exact) mass is 366 g/mol. The van der Waals surface area contributed by atoms with E-state index in [1.807, 2.05) is 0 Å². The van der Waals surface area contributed by atoms with Gasteiger partial charge in [0.15, 0.2) is 11.5 Å². The Labute approximate surface area is 145 Å². The number of hydrogen-bond donors (Lipinski definition) is 1. The van der Waals surface area contributed by atoms with Gasteiger partial charge < -0.3 is 24.8 Å². The maximum Gasteiger partial charge on any atom is 0.387 e. The van der Waals surface area contributed by atoms with E-state index >= 15 is 0 Å². The Bertz CT molecular complexity index is 549. The molecule has 1 atom stereocenters. The van der Waals surface area contributed by atoms with Crippen molar-refractivity contribution in [2.24, 2.45) is 5.73 Å². The highest BCUT2D eigenvalue weighted by Gasteiger charge is 2.25. The third-order valence-corrected chi connectivity index (χ3v) is 3.66. The maximum absolute atomic E-state index is 12.6. The third-order valence-electron chi connectivity index (χ3n) is 3.66. The molecule has 1 aromatic carbocycles. The van der Waals surface area contributed by atoms with E-state index in [-0.39, 0.29) is 47.2 Å². The Morgan fingerprint density at radius 1 is 1.29 bits per heavy atom. The van der Waals surface area contributed by atoms with Gasteiger partial charge in [0.25, 0.3) is 5.91 Å². The minimum Gasteiger partial charge on any atom is -0.493 e. The quantitative estimate of drug-likeness (QED) is 0.865. The Morgan fingerprint density at radius 3 is 2.33 bits per heavy atom. The molecule has 2 rings (SSSR count). The first-order valence-corrected chi connectivity index (χ1v) is 7.22. The summed E-state index contributed by atoms with van der Waals surface area (Å²) >= 11 is 0. The zero-order chi connectivity index (χ0) is 17.0. The molecule has 1 unspecified atom stereocenters. The molecule has 1 heterocycles. The highest BCUT2D eigenvalue weighted by Crippen LogP contribution is 2.39. The van der Waals surface area contributed by atoms with Gasteiger partial charge in [-0.3, -0.25) is 4.79 Å². The van der Waals surface area contributed by atoms with Crippen molar-refractivity contribution in [1.82, 2.24) is 4.90 Å². The highest BCUT2D eigenvalue weighted by atomic mass is 35.5. The molecule has 1 saturated heterocycles. The number of likely N-dealkylation sites (tertiary alicyclic amines) is 1. The zero-order valence-electron chi connectivity index (χ0n) is 13.5. The van der Waals surface area contributed by atoms with Crippen LogP contribution in [0, 0.1) is 0 Å². The number of hydrogen-bond acceptors (Lipinski definition) is 5. The van der Waals surface area contributed by atoms with Crippen molar-refractivity contribution in [2.45, 2.75) is 25.5 Å². The molecule has 136 valence electrons. The number of carbonyl (C=O) groups is 1. The van der Waals surface area contributed by atoms with Crippen molar-refractivity contribution in [1.29, 1.82) is 0 Å². The average Bonchev–Trinajstić information content (AvgIpc) is 2.53. The second kappa shape index (κ2) is 8.89. The molecule has 1 aromatic rings. The Morgan fingerprint density at radius 2 is 1.88 bits per heavy atom. The van der Waals surface area contributed by atoms with E-state index in [1.165, 1.54) is 26.4 Å². The molecule has 0 spiro atoms. The molecule has 6 nitrogen and oxygen atoms in total. The Hall–Kier alpha value is -1.80. The van der Waals surface area contributed by atoms with E-state index in [0.717, 1.165) is 12.8 Å². The van der Waals surface area contributed by atoms with Crippen LogP contribution < -0.4 is 19.9 Å². The minimum absolute atomic E-state index is 0. The molecular formula is C15H21ClF2N2O4. The normalized spacial score (nSPS) is 17.2. The number of alkyl halides is 2. The molecule has 0 aromatic heterocycles. The van der Waals surface area contributed by atoms with Gasteiger partial charge in [0.2, 0.25) is 5.75 Å². The largest absolute Gasteiger partial charge is 0.493 e. The molecule has 2 N–H and O–H groups in total. The molecule has 0 radical (unpaired) electrons. The van der Waals surface area contributed by atoms with Gasteiger partial charge in [-0.1, -0.05) is 0 Å². The van der Waals surface area contributed by atoms with Crippen LogP contribution in [-0.2, 0) is 0 Å². The number of benzene rings is 1. The molecular weight excluding hydrogens is 346 g/mol. The van der Waals surface area contributed by atoms with Crippen LogP contribution in [0.1, 0.15) is 23.2 Å². The van der Waals surface area contributed by atoms with Gasteiger partial charge in [0, 0.05) is 24.7 Å². The van der Waals surface area contributed by atoms with Crippen LogP contribution in [0.4, 0.5) is 8.78 Å². The van der Waals surface area contributed by atoms with Crippen LogP contribution in [0.25, 0.3) is 0 Å². The topological polar surface area (TPSA) is 74.0 Å². The number of halogens is 3. The lowest BCUT2D eigenvalue weighted by atomic mass is 10.0. The summed E-state index contributed by atoms with van der Waals surface area (Å²) in [6.45, 7) is -1.97. The van der Waals surface area contributed by atoms with E-state index in [4.69, 9.17) is 15.2 Å². The van der Waals surface area contributed by atoms with Crippen LogP contribution in [0.5, 0.6) is 17.2 Å². The number of nitrogens with two attached hydrogens (primary N) is 1. The molecule has 1 amide bonds. The number of methoxy groups -OCH3 is 2. The highest BCUT2D eigenvalue weighted by molar-refractivity contribution is 5.95. The standard InChI is InChI=1S/C15H20F2N2O4.ClH/c1-21-11-6-9(7-12(22-2)13(11)23-15(16)17)14(20)19-5-3-4-10(18)8-19;/h6-7,10,15H,3-5,8,18H2,1-2H3;1H. The van der Waals surface area contributed by atoms with Crippen LogP contribution in [0.15, 0.2) is 12.1 Å². The van der Waals surface area contributed by atoms with Crippen LogP contribution in [0.2, 0.25) is 0 Å². The lowest BCUT2D eigenvalue weighted by molar-refractivity contribution is -0.0526. The van der Waals surface area contributed by atoms with Gasteiger partial charge in [-0.2, -0.15) is 8.78 Å². The number of carbonyl (C=O) groups excluding carboxylic acids is 1. The van der Waals surface area contributed by atoms with Crippen molar-refractivity contribution >= 4 is 18.3 Å². The minimum atomic E-state index is -3.03. The van der Waals surface area contributed by atoms with Gasteiger partial charge >= 0.3 is 6.61 Å². The second-order valence-corrected chi connectivity index (χ2v) is 5.24. The molecule has 1 aliphatic rings. The summed E-state index contributed by atoms with van der Waals surface area (Å²) in [5.41, 5.74) is 6.16. The molecule has 0 saturated carbocycles. The molecule has 24 heavy (non-hydrogen) atoms. The number of rotatable bonds is 5. The number of nitrogens with zero attached hydrogens (tertiary/aromatic N) is 1. The van der Waals surface area contributed by atoms with Crippen molar-refractivity contribution in [3.63, 3.8) is 0 Å². The molecule has 0 aliphatic carbocycles. The zero-order valence-corrected chi connectivity index (χ0v) is 14.3. The van der Waals surface area contributed by atoms with Gasteiger partial charge in [-0.25, -0.2) is 0 Å². The van der Waals surface area contributed by atoms with E-state index in [1.54, 1.807) is 4.90 Å². The summed E-state index contributed by atoms with van der Waals surface area (Å²) in [5.74, 6) is -0.471. The smallest absolute Gasteiger partial charge is 0.387 e. The van der Waals surface area contributed by atoms with Crippen molar-refractivity contribution < 1.29 is 27.8 Å². The van der Waals surface area contributed by atoms with E-state index in [2.05, 4.69) is 4.74 Å². The van der Waals surface area contributed by atoms with Gasteiger partial charge in [0.1, 0.15) is 0 Å².